The molecule has 1 aliphatic heterocycles. The van der Waals surface area contributed by atoms with Gasteiger partial charge in [-0.3, -0.25) is 4.79 Å². The predicted octanol–water partition coefficient (Wildman–Crippen LogP) is 1.34. The van der Waals surface area contributed by atoms with Crippen molar-refractivity contribution < 1.29 is 0 Å². The van der Waals surface area contributed by atoms with Crippen LogP contribution in [0.4, 0.5) is 0 Å². The van der Waals surface area contributed by atoms with Crippen molar-refractivity contribution in [3.8, 4) is 0 Å². The normalized spacial score (nSPS) is 20.4. The summed E-state index contributed by atoms with van der Waals surface area (Å²) in [7, 11) is 0. The van der Waals surface area contributed by atoms with Gasteiger partial charge in [-0.15, -0.1) is 0 Å². The third-order valence-electron chi connectivity index (χ3n) is 3.78. The first-order valence-corrected chi connectivity index (χ1v) is 7.16. The van der Waals surface area contributed by atoms with Crippen molar-refractivity contribution in [3.63, 3.8) is 0 Å². The summed E-state index contributed by atoms with van der Waals surface area (Å²) in [5, 5.41) is 8.25. The topological polar surface area (TPSA) is 75.6 Å². The van der Waals surface area contributed by atoms with E-state index in [2.05, 4.69) is 36.2 Å². The molecule has 1 aliphatic rings. The lowest BCUT2D eigenvalue weighted by molar-refractivity contribution is 0.365. The Morgan fingerprint density at radius 2 is 2.20 bits per heavy atom. The van der Waals surface area contributed by atoms with Crippen LogP contribution < -0.4 is 10.9 Å². The van der Waals surface area contributed by atoms with Crippen molar-refractivity contribution in [1.82, 2.24) is 25.1 Å². The Kier molecular flexibility index (Phi) is 3.12. The van der Waals surface area contributed by atoms with Crippen molar-refractivity contribution in [2.45, 2.75) is 45.1 Å². The molecule has 6 nitrogen and oxygen atoms in total. The predicted molar refractivity (Wildman–Crippen MR) is 78.0 cm³/mol. The number of nitrogens with zero attached hydrogens (tertiary/aromatic N) is 3. The van der Waals surface area contributed by atoms with E-state index in [-0.39, 0.29) is 17.0 Å². The molecule has 108 valence electrons. The summed E-state index contributed by atoms with van der Waals surface area (Å²) in [5.74, 6) is 1.06. The lowest BCUT2D eigenvalue weighted by atomic mass is 9.99. The zero-order chi connectivity index (χ0) is 14.3. The molecular weight excluding hydrogens is 254 g/mol. The van der Waals surface area contributed by atoms with Gasteiger partial charge in [-0.25, -0.2) is 9.67 Å². The zero-order valence-electron chi connectivity index (χ0n) is 12.2. The SMILES string of the molecule is CC(C)(C)n1ncc2c(=O)[nH]c(C3CCCNC3)nc21. The van der Waals surface area contributed by atoms with Gasteiger partial charge in [0.1, 0.15) is 11.2 Å². The smallest absolute Gasteiger partial charge is 0.262 e. The minimum absolute atomic E-state index is 0.0916. The van der Waals surface area contributed by atoms with E-state index < -0.39 is 0 Å². The van der Waals surface area contributed by atoms with Crippen LogP contribution in [0.5, 0.6) is 0 Å². The van der Waals surface area contributed by atoms with Crippen LogP contribution in [0.2, 0.25) is 0 Å². The summed E-state index contributed by atoms with van der Waals surface area (Å²) in [4.78, 5) is 19.8. The Morgan fingerprint density at radius 1 is 1.40 bits per heavy atom. The van der Waals surface area contributed by atoms with Crippen LogP contribution in [0, 0.1) is 0 Å². The van der Waals surface area contributed by atoms with Crippen molar-refractivity contribution in [2.75, 3.05) is 13.1 Å². The quantitative estimate of drug-likeness (QED) is 0.823. The van der Waals surface area contributed by atoms with Crippen LogP contribution in [0.1, 0.15) is 45.4 Å². The largest absolute Gasteiger partial charge is 0.316 e. The van der Waals surface area contributed by atoms with E-state index in [0.717, 1.165) is 31.8 Å². The van der Waals surface area contributed by atoms with E-state index in [1.54, 1.807) is 6.20 Å². The molecule has 0 spiro atoms. The third kappa shape index (κ3) is 2.24. The van der Waals surface area contributed by atoms with E-state index in [9.17, 15) is 4.79 Å². The molecule has 3 rings (SSSR count). The molecule has 0 radical (unpaired) electrons. The highest BCUT2D eigenvalue weighted by Crippen LogP contribution is 2.22. The fraction of sp³-hybridized carbons (Fsp3) is 0.643. The van der Waals surface area contributed by atoms with Crippen molar-refractivity contribution in [1.29, 1.82) is 0 Å². The van der Waals surface area contributed by atoms with Crippen molar-refractivity contribution in [3.05, 3.63) is 22.4 Å². The first kappa shape index (κ1) is 13.3. The molecule has 0 bridgehead atoms. The van der Waals surface area contributed by atoms with Gasteiger partial charge in [-0.05, 0) is 40.2 Å². The summed E-state index contributed by atoms with van der Waals surface area (Å²) < 4.78 is 1.83. The first-order valence-electron chi connectivity index (χ1n) is 7.16. The summed E-state index contributed by atoms with van der Waals surface area (Å²) in [6.07, 6.45) is 3.78. The van der Waals surface area contributed by atoms with Gasteiger partial charge in [-0.1, -0.05) is 0 Å². The van der Waals surface area contributed by atoms with E-state index in [4.69, 9.17) is 4.98 Å². The van der Waals surface area contributed by atoms with Gasteiger partial charge in [0.15, 0.2) is 5.65 Å². The second-order valence-electron chi connectivity index (χ2n) is 6.46. The molecule has 1 fully saturated rings. The zero-order valence-corrected chi connectivity index (χ0v) is 12.2. The number of aromatic amines is 1. The number of fused-ring (bicyclic) bond motifs is 1. The first-order chi connectivity index (χ1) is 9.47. The Bertz CT molecular complexity index is 673. The van der Waals surface area contributed by atoms with Gasteiger partial charge >= 0.3 is 0 Å². The number of H-pyrrole nitrogens is 1. The van der Waals surface area contributed by atoms with E-state index in [1.165, 1.54) is 0 Å². The molecule has 0 amide bonds. The van der Waals surface area contributed by atoms with Crippen LogP contribution in [-0.4, -0.2) is 32.8 Å². The molecule has 0 saturated carbocycles. The minimum Gasteiger partial charge on any atom is -0.316 e. The molecule has 0 aliphatic carbocycles. The molecule has 1 atom stereocenters. The third-order valence-corrected chi connectivity index (χ3v) is 3.78. The molecule has 2 N–H and O–H groups in total. The molecule has 2 aromatic rings. The molecule has 0 aromatic carbocycles. The fourth-order valence-corrected chi connectivity index (χ4v) is 2.70. The summed E-state index contributed by atoms with van der Waals surface area (Å²) in [6.45, 7) is 8.10. The van der Waals surface area contributed by atoms with Crippen LogP contribution in [0.3, 0.4) is 0 Å². The van der Waals surface area contributed by atoms with Crippen molar-refractivity contribution >= 4 is 11.0 Å². The maximum atomic E-state index is 12.2. The van der Waals surface area contributed by atoms with Gasteiger partial charge in [0.2, 0.25) is 0 Å². The Balaban J connectivity index is 2.13. The highest BCUT2D eigenvalue weighted by Gasteiger charge is 2.23. The Hall–Kier alpha value is -1.69. The van der Waals surface area contributed by atoms with Gasteiger partial charge in [0.25, 0.3) is 5.56 Å². The van der Waals surface area contributed by atoms with Crippen LogP contribution in [-0.2, 0) is 5.54 Å². The van der Waals surface area contributed by atoms with E-state index in [1.807, 2.05) is 4.68 Å². The number of hydrogen-bond donors (Lipinski definition) is 2. The van der Waals surface area contributed by atoms with Crippen molar-refractivity contribution in [2.24, 2.45) is 0 Å². The van der Waals surface area contributed by atoms with Gasteiger partial charge in [-0.2, -0.15) is 5.10 Å². The van der Waals surface area contributed by atoms with Crippen LogP contribution >= 0.6 is 0 Å². The molecule has 6 heteroatoms. The second kappa shape index (κ2) is 4.70. The summed E-state index contributed by atoms with van der Waals surface area (Å²) in [6, 6.07) is 0. The summed E-state index contributed by atoms with van der Waals surface area (Å²) in [5.41, 5.74) is 0.401. The number of piperidine rings is 1. The Morgan fingerprint density at radius 3 is 2.85 bits per heavy atom. The molecule has 1 saturated heterocycles. The van der Waals surface area contributed by atoms with Gasteiger partial charge in [0, 0.05) is 12.5 Å². The average Bonchev–Trinajstić information content (AvgIpc) is 2.84. The molecule has 3 heterocycles. The lowest BCUT2D eigenvalue weighted by Crippen LogP contribution is -2.31. The Labute approximate surface area is 117 Å². The molecule has 20 heavy (non-hydrogen) atoms. The highest BCUT2D eigenvalue weighted by atomic mass is 16.1. The maximum absolute atomic E-state index is 12.2. The molecule has 2 aromatic heterocycles. The van der Waals surface area contributed by atoms with E-state index >= 15 is 0 Å². The maximum Gasteiger partial charge on any atom is 0.262 e. The van der Waals surface area contributed by atoms with Gasteiger partial charge < -0.3 is 10.3 Å². The highest BCUT2D eigenvalue weighted by molar-refractivity contribution is 5.73. The number of rotatable bonds is 1. The number of hydrogen-bond acceptors (Lipinski definition) is 4. The average molecular weight is 275 g/mol. The number of nitrogens with one attached hydrogen (secondary N) is 2. The fourth-order valence-electron chi connectivity index (χ4n) is 2.70. The summed E-state index contributed by atoms with van der Waals surface area (Å²) >= 11 is 0. The van der Waals surface area contributed by atoms with Crippen LogP contribution in [0.25, 0.3) is 11.0 Å². The second-order valence-corrected chi connectivity index (χ2v) is 6.46. The standard InChI is InChI=1S/C14H21N5O/c1-14(2,3)19-12-10(8-16-19)13(20)18-11(17-12)9-5-4-6-15-7-9/h8-9,15H,4-7H2,1-3H3,(H,17,18,20). The monoisotopic (exact) mass is 275 g/mol. The lowest BCUT2D eigenvalue weighted by Gasteiger charge is -2.23. The van der Waals surface area contributed by atoms with Gasteiger partial charge in [0.05, 0.1) is 11.7 Å². The minimum atomic E-state index is -0.190. The molecular formula is C14H21N5O. The number of aromatic nitrogens is 4. The van der Waals surface area contributed by atoms with Crippen LogP contribution in [0.15, 0.2) is 11.0 Å². The van der Waals surface area contributed by atoms with E-state index in [0.29, 0.717) is 11.0 Å². The molecule has 1 unspecified atom stereocenters.